The predicted molar refractivity (Wildman–Crippen MR) is 82.3 cm³/mol. The zero-order valence-corrected chi connectivity index (χ0v) is 13.2. The molecule has 7 nitrogen and oxygen atoms in total. The average molecular weight is 329 g/mol. The van der Waals surface area contributed by atoms with E-state index in [0.29, 0.717) is 12.2 Å². The first-order chi connectivity index (χ1) is 10.3. The van der Waals surface area contributed by atoms with Gasteiger partial charge in [-0.2, -0.15) is 0 Å². The first-order valence-electron chi connectivity index (χ1n) is 7.08. The van der Waals surface area contributed by atoms with Gasteiger partial charge in [0, 0.05) is 12.1 Å². The quantitative estimate of drug-likeness (QED) is 0.634. The maximum absolute atomic E-state index is 12.1. The van der Waals surface area contributed by atoms with Gasteiger partial charge < -0.3 is 15.0 Å². The Balaban J connectivity index is 1.96. The number of nitrogens with zero attached hydrogens (tertiary/aromatic N) is 1. The van der Waals surface area contributed by atoms with E-state index in [1.54, 1.807) is 0 Å². The lowest BCUT2D eigenvalue weighted by atomic mass is 10.2. The molecule has 1 heterocycles. The van der Waals surface area contributed by atoms with Crippen molar-refractivity contribution in [3.63, 3.8) is 0 Å². The molecule has 1 unspecified atom stereocenters. The topological polar surface area (TPSA) is 85.9 Å². The van der Waals surface area contributed by atoms with Crippen molar-refractivity contribution in [3.8, 4) is 0 Å². The van der Waals surface area contributed by atoms with E-state index in [2.05, 4.69) is 5.32 Å². The predicted octanol–water partition coefficient (Wildman–Crippen LogP) is 0.879. The number of hydrogen-bond acceptors (Lipinski definition) is 4. The molecule has 0 spiro atoms. The molecule has 1 saturated heterocycles. The van der Waals surface area contributed by atoms with Crippen LogP contribution in [0.25, 0.3) is 0 Å². The van der Waals surface area contributed by atoms with Crippen molar-refractivity contribution < 1.29 is 19.4 Å². The zero-order chi connectivity index (χ0) is 16.3. The first kappa shape index (κ1) is 16.7. The molecule has 22 heavy (non-hydrogen) atoms. The lowest BCUT2D eigenvalue weighted by Gasteiger charge is -2.31. The standard InChI is InChI=1S/C14H18ClN3O4/c1-9-6-17(7-10(2)22-9)8-14(19)16-13-4-3-11(18(20)21)5-12(13)15/h3-5,9-10H,6-8H2,1-2H3,(H,16,19)/p+1/t9-,10+. The summed E-state index contributed by atoms with van der Waals surface area (Å²) in [6.45, 7) is 5.82. The molecule has 2 rings (SSSR count). The Hall–Kier alpha value is -1.70. The number of nitro benzene ring substituents is 1. The molecule has 1 amide bonds. The van der Waals surface area contributed by atoms with Gasteiger partial charge in [-0.3, -0.25) is 14.9 Å². The van der Waals surface area contributed by atoms with E-state index in [1.807, 2.05) is 13.8 Å². The van der Waals surface area contributed by atoms with E-state index >= 15 is 0 Å². The third kappa shape index (κ3) is 4.40. The van der Waals surface area contributed by atoms with Crippen LogP contribution in [-0.4, -0.2) is 42.7 Å². The number of halogens is 1. The van der Waals surface area contributed by atoms with Gasteiger partial charge in [0.25, 0.3) is 11.6 Å². The van der Waals surface area contributed by atoms with Gasteiger partial charge in [0.2, 0.25) is 0 Å². The first-order valence-corrected chi connectivity index (χ1v) is 7.45. The number of hydrogen-bond donors (Lipinski definition) is 2. The smallest absolute Gasteiger partial charge is 0.279 e. The highest BCUT2D eigenvalue weighted by Crippen LogP contribution is 2.26. The summed E-state index contributed by atoms with van der Waals surface area (Å²) in [7, 11) is 0. The van der Waals surface area contributed by atoms with Crippen LogP contribution in [-0.2, 0) is 9.53 Å². The van der Waals surface area contributed by atoms with Crippen LogP contribution in [0, 0.1) is 10.1 Å². The molecule has 2 N–H and O–H groups in total. The van der Waals surface area contributed by atoms with Crippen LogP contribution in [0.3, 0.4) is 0 Å². The van der Waals surface area contributed by atoms with Crippen LogP contribution in [0.1, 0.15) is 13.8 Å². The fourth-order valence-electron chi connectivity index (χ4n) is 2.67. The fraction of sp³-hybridized carbons (Fsp3) is 0.500. The number of benzene rings is 1. The molecular weight excluding hydrogens is 310 g/mol. The SMILES string of the molecule is C[C@@H]1C[NH+](CC(=O)Nc2ccc([N+](=O)[O-])cc2Cl)C[C@H](C)O1. The minimum absolute atomic E-state index is 0.107. The second-order valence-corrected chi connectivity index (χ2v) is 5.97. The Morgan fingerprint density at radius 2 is 2.09 bits per heavy atom. The van der Waals surface area contributed by atoms with Gasteiger partial charge in [0.1, 0.15) is 25.3 Å². The van der Waals surface area contributed by atoms with Crippen molar-refractivity contribution >= 4 is 28.9 Å². The summed E-state index contributed by atoms with van der Waals surface area (Å²) in [5, 5.41) is 13.5. The summed E-state index contributed by atoms with van der Waals surface area (Å²) >= 11 is 5.96. The van der Waals surface area contributed by atoms with Gasteiger partial charge in [-0.25, -0.2) is 0 Å². The number of anilines is 1. The number of non-ortho nitro benzene ring substituents is 1. The molecule has 0 radical (unpaired) electrons. The van der Waals surface area contributed by atoms with Gasteiger partial charge >= 0.3 is 0 Å². The number of carbonyl (C=O) groups is 1. The van der Waals surface area contributed by atoms with Crippen LogP contribution >= 0.6 is 11.6 Å². The molecule has 0 aliphatic carbocycles. The Labute approximate surface area is 133 Å². The summed E-state index contributed by atoms with van der Waals surface area (Å²) < 4.78 is 5.63. The van der Waals surface area contributed by atoms with Crippen LogP contribution < -0.4 is 10.2 Å². The minimum Gasteiger partial charge on any atom is -0.364 e. The number of morpholine rings is 1. The van der Waals surface area contributed by atoms with E-state index in [9.17, 15) is 14.9 Å². The zero-order valence-electron chi connectivity index (χ0n) is 12.5. The summed E-state index contributed by atoms with van der Waals surface area (Å²) in [5.41, 5.74) is 0.274. The molecule has 1 aliphatic rings. The maximum atomic E-state index is 12.1. The average Bonchev–Trinajstić information content (AvgIpc) is 2.39. The highest BCUT2D eigenvalue weighted by Gasteiger charge is 2.27. The number of rotatable bonds is 4. The number of nitro groups is 1. The van der Waals surface area contributed by atoms with Crippen molar-refractivity contribution in [2.75, 3.05) is 25.0 Å². The number of amides is 1. The van der Waals surface area contributed by atoms with Crippen LogP contribution in [0.5, 0.6) is 0 Å². The molecule has 3 atom stereocenters. The van der Waals surface area contributed by atoms with Crippen molar-refractivity contribution in [1.29, 1.82) is 0 Å². The van der Waals surface area contributed by atoms with E-state index < -0.39 is 4.92 Å². The van der Waals surface area contributed by atoms with Gasteiger partial charge in [-0.1, -0.05) is 11.6 Å². The summed E-state index contributed by atoms with van der Waals surface area (Å²) in [6, 6.07) is 3.98. The summed E-state index contributed by atoms with van der Waals surface area (Å²) in [6.07, 6.45) is 0.240. The number of carbonyl (C=O) groups excluding carboxylic acids is 1. The van der Waals surface area contributed by atoms with E-state index in [-0.39, 0.29) is 28.8 Å². The molecule has 1 aromatic rings. The largest absolute Gasteiger partial charge is 0.364 e. The normalized spacial score (nSPS) is 24.8. The van der Waals surface area contributed by atoms with Crippen LogP contribution in [0.2, 0.25) is 5.02 Å². The molecule has 1 aromatic carbocycles. The lowest BCUT2D eigenvalue weighted by Crippen LogP contribution is -3.16. The van der Waals surface area contributed by atoms with Crippen LogP contribution in [0.4, 0.5) is 11.4 Å². The monoisotopic (exact) mass is 328 g/mol. The third-order valence-corrected chi connectivity index (χ3v) is 3.78. The molecule has 0 aromatic heterocycles. The van der Waals surface area contributed by atoms with Gasteiger partial charge in [0.05, 0.1) is 15.6 Å². The Morgan fingerprint density at radius 1 is 1.45 bits per heavy atom. The van der Waals surface area contributed by atoms with Crippen LogP contribution in [0.15, 0.2) is 18.2 Å². The highest BCUT2D eigenvalue weighted by atomic mass is 35.5. The number of quaternary nitrogens is 1. The molecule has 0 saturated carbocycles. The van der Waals surface area contributed by atoms with Crippen molar-refractivity contribution in [2.24, 2.45) is 0 Å². The molecule has 1 fully saturated rings. The molecule has 120 valence electrons. The second kappa shape index (κ2) is 7.04. The van der Waals surface area contributed by atoms with Crippen molar-refractivity contribution in [1.82, 2.24) is 0 Å². The molecule has 1 aliphatic heterocycles. The number of nitrogens with one attached hydrogen (secondary N) is 2. The third-order valence-electron chi connectivity index (χ3n) is 3.47. The fourth-order valence-corrected chi connectivity index (χ4v) is 2.90. The van der Waals surface area contributed by atoms with E-state index in [0.717, 1.165) is 18.0 Å². The Bertz CT molecular complexity index is 571. The summed E-state index contributed by atoms with van der Waals surface area (Å²) in [5.74, 6) is -0.174. The minimum atomic E-state index is -0.530. The molecule has 0 bridgehead atoms. The van der Waals surface area contributed by atoms with E-state index in [1.165, 1.54) is 18.2 Å². The van der Waals surface area contributed by atoms with Gasteiger partial charge in [0.15, 0.2) is 6.54 Å². The molecule has 8 heteroatoms. The second-order valence-electron chi connectivity index (χ2n) is 5.56. The number of ether oxygens (including phenoxy) is 1. The van der Waals surface area contributed by atoms with Gasteiger partial charge in [-0.15, -0.1) is 0 Å². The van der Waals surface area contributed by atoms with Crippen molar-refractivity contribution in [2.45, 2.75) is 26.1 Å². The molecular formula is C14H19ClN3O4+. The lowest BCUT2D eigenvalue weighted by molar-refractivity contribution is -0.907. The highest BCUT2D eigenvalue weighted by molar-refractivity contribution is 6.33. The van der Waals surface area contributed by atoms with Crippen molar-refractivity contribution in [3.05, 3.63) is 33.3 Å². The van der Waals surface area contributed by atoms with E-state index in [4.69, 9.17) is 16.3 Å². The Kier molecular flexibility index (Phi) is 5.33. The maximum Gasteiger partial charge on any atom is 0.279 e. The summed E-state index contributed by atoms with van der Waals surface area (Å²) in [4.78, 5) is 23.4. The van der Waals surface area contributed by atoms with Gasteiger partial charge in [-0.05, 0) is 19.9 Å². The Morgan fingerprint density at radius 3 is 2.64 bits per heavy atom.